The summed E-state index contributed by atoms with van der Waals surface area (Å²) in [5, 5.41) is 10.0. The van der Waals surface area contributed by atoms with Gasteiger partial charge in [0, 0.05) is 36.8 Å². The van der Waals surface area contributed by atoms with Gasteiger partial charge in [0.25, 0.3) is 0 Å². The molecule has 0 aliphatic carbocycles. The van der Waals surface area contributed by atoms with E-state index >= 15 is 0 Å². The number of hydrogen-bond acceptors (Lipinski definition) is 3. The van der Waals surface area contributed by atoms with E-state index in [-0.39, 0.29) is 6.04 Å². The molecule has 0 radical (unpaired) electrons. The molecule has 0 bridgehead atoms. The molecule has 90 valence electrons. The van der Waals surface area contributed by atoms with Crippen LogP contribution in [-0.2, 0) is 0 Å². The zero-order valence-electron chi connectivity index (χ0n) is 9.93. The molecule has 1 saturated heterocycles. The highest BCUT2D eigenvalue weighted by molar-refractivity contribution is 6.31. The van der Waals surface area contributed by atoms with E-state index in [0.29, 0.717) is 5.02 Å². The highest BCUT2D eigenvalue weighted by Gasteiger charge is 2.24. The van der Waals surface area contributed by atoms with Gasteiger partial charge < -0.3 is 4.90 Å². The number of likely N-dealkylation sites (N-methyl/N-ethyl adjacent to an activating group) is 1. The van der Waals surface area contributed by atoms with E-state index in [2.05, 4.69) is 22.9 Å². The van der Waals surface area contributed by atoms with Crippen LogP contribution in [-0.4, -0.2) is 43.0 Å². The quantitative estimate of drug-likeness (QED) is 0.805. The Bertz CT molecular complexity index is 419. The number of piperazine rings is 1. The van der Waals surface area contributed by atoms with Crippen molar-refractivity contribution in [2.75, 3.05) is 33.2 Å². The lowest BCUT2D eigenvalue weighted by atomic mass is 10.1. The Morgan fingerprint density at radius 3 is 2.47 bits per heavy atom. The van der Waals surface area contributed by atoms with Crippen LogP contribution < -0.4 is 0 Å². The highest BCUT2D eigenvalue weighted by Crippen LogP contribution is 2.27. The summed E-state index contributed by atoms with van der Waals surface area (Å²) in [6.45, 7) is 3.84. The Labute approximate surface area is 107 Å². The van der Waals surface area contributed by atoms with Crippen LogP contribution in [0.3, 0.4) is 0 Å². The van der Waals surface area contributed by atoms with Gasteiger partial charge in [-0.3, -0.25) is 4.90 Å². The summed E-state index contributed by atoms with van der Waals surface area (Å²) in [4.78, 5) is 4.47. The zero-order valence-corrected chi connectivity index (χ0v) is 10.7. The van der Waals surface area contributed by atoms with Crippen molar-refractivity contribution in [3.8, 4) is 6.07 Å². The van der Waals surface area contributed by atoms with Gasteiger partial charge in [-0.05, 0) is 13.1 Å². The molecule has 2 rings (SSSR count). The molecule has 3 nitrogen and oxygen atoms in total. The first kappa shape index (κ1) is 12.4. The smallest absolute Gasteiger partial charge is 0.125 e. The normalized spacial score (nSPS) is 19.8. The van der Waals surface area contributed by atoms with Crippen LogP contribution in [0.1, 0.15) is 11.6 Å². The number of halogens is 1. The fourth-order valence-corrected chi connectivity index (χ4v) is 2.36. The molecule has 1 aromatic carbocycles. The molecule has 1 heterocycles. The van der Waals surface area contributed by atoms with E-state index in [1.165, 1.54) is 0 Å². The van der Waals surface area contributed by atoms with Crippen molar-refractivity contribution < 1.29 is 0 Å². The lowest BCUT2D eigenvalue weighted by Crippen LogP contribution is -2.45. The summed E-state index contributed by atoms with van der Waals surface area (Å²) in [5.74, 6) is 0. The molecule has 4 heteroatoms. The second-order valence-electron chi connectivity index (χ2n) is 4.39. The molecule has 0 aromatic heterocycles. The van der Waals surface area contributed by atoms with Crippen LogP contribution in [0.2, 0.25) is 5.02 Å². The van der Waals surface area contributed by atoms with Gasteiger partial charge >= 0.3 is 0 Å². The van der Waals surface area contributed by atoms with Gasteiger partial charge in [0.15, 0.2) is 0 Å². The summed E-state index contributed by atoms with van der Waals surface area (Å²) in [5.41, 5.74) is 0.918. The van der Waals surface area contributed by atoms with Crippen LogP contribution in [0.4, 0.5) is 0 Å². The van der Waals surface area contributed by atoms with Crippen molar-refractivity contribution in [2.24, 2.45) is 0 Å². The standard InChI is InChI=1S/C13H16ClN3/c1-16-6-8-17(9-7-16)13(10-15)11-4-2-3-5-12(11)14/h2-5,13H,6-9H2,1H3. The molecule has 1 aromatic rings. The SMILES string of the molecule is CN1CCN(C(C#N)c2ccccc2Cl)CC1. The van der Waals surface area contributed by atoms with Gasteiger partial charge in [0.05, 0.1) is 6.07 Å². The Kier molecular flexibility index (Phi) is 4.01. The van der Waals surface area contributed by atoms with E-state index in [1.807, 2.05) is 24.3 Å². The van der Waals surface area contributed by atoms with Gasteiger partial charge in [-0.1, -0.05) is 29.8 Å². The van der Waals surface area contributed by atoms with Crippen molar-refractivity contribution in [3.05, 3.63) is 34.9 Å². The number of hydrogen-bond donors (Lipinski definition) is 0. The fourth-order valence-electron chi connectivity index (χ4n) is 2.12. The second kappa shape index (κ2) is 5.50. The minimum Gasteiger partial charge on any atom is -0.304 e. The van der Waals surface area contributed by atoms with Crippen molar-refractivity contribution >= 4 is 11.6 Å². The molecule has 0 amide bonds. The van der Waals surface area contributed by atoms with Gasteiger partial charge in [-0.15, -0.1) is 0 Å². The van der Waals surface area contributed by atoms with Crippen LogP contribution in [0.5, 0.6) is 0 Å². The predicted octanol–water partition coefficient (Wildman–Crippen LogP) is 2.15. The fraction of sp³-hybridized carbons (Fsp3) is 0.462. The monoisotopic (exact) mass is 249 g/mol. The summed E-state index contributed by atoms with van der Waals surface area (Å²) < 4.78 is 0. The van der Waals surface area contributed by atoms with Crippen LogP contribution in [0, 0.1) is 11.3 Å². The van der Waals surface area contributed by atoms with Gasteiger partial charge in [-0.2, -0.15) is 5.26 Å². The zero-order chi connectivity index (χ0) is 12.3. The first-order valence-electron chi connectivity index (χ1n) is 5.79. The van der Waals surface area contributed by atoms with Gasteiger partial charge in [0.2, 0.25) is 0 Å². The number of nitriles is 1. The molecule has 0 N–H and O–H groups in total. The van der Waals surface area contributed by atoms with Gasteiger partial charge in [-0.25, -0.2) is 0 Å². The molecule has 0 saturated carbocycles. The predicted molar refractivity (Wildman–Crippen MR) is 68.9 cm³/mol. The maximum atomic E-state index is 9.36. The van der Waals surface area contributed by atoms with E-state index in [4.69, 9.17) is 11.6 Å². The van der Waals surface area contributed by atoms with E-state index in [1.54, 1.807) is 0 Å². The minimum absolute atomic E-state index is 0.225. The van der Waals surface area contributed by atoms with Crippen molar-refractivity contribution in [1.29, 1.82) is 5.26 Å². The highest BCUT2D eigenvalue weighted by atomic mass is 35.5. The molecule has 0 spiro atoms. The average Bonchev–Trinajstić information content (AvgIpc) is 2.35. The summed E-state index contributed by atoms with van der Waals surface area (Å²) in [7, 11) is 2.11. The molecule has 1 unspecified atom stereocenters. The van der Waals surface area contributed by atoms with E-state index < -0.39 is 0 Å². The average molecular weight is 250 g/mol. The molecule has 1 aliphatic rings. The molecule has 1 fully saturated rings. The summed E-state index contributed by atoms with van der Waals surface area (Å²) in [6, 6.07) is 9.75. The molecular formula is C13H16ClN3. The van der Waals surface area contributed by atoms with E-state index in [0.717, 1.165) is 31.7 Å². The first-order valence-corrected chi connectivity index (χ1v) is 6.17. The molecule has 17 heavy (non-hydrogen) atoms. The molecule has 1 aliphatic heterocycles. The third-order valence-corrected chi connectivity index (χ3v) is 3.57. The number of rotatable bonds is 2. The van der Waals surface area contributed by atoms with Crippen LogP contribution in [0.15, 0.2) is 24.3 Å². The largest absolute Gasteiger partial charge is 0.304 e. The third-order valence-electron chi connectivity index (χ3n) is 3.23. The molecule has 1 atom stereocenters. The first-order chi connectivity index (χ1) is 8.22. The Balaban J connectivity index is 2.18. The lowest BCUT2D eigenvalue weighted by molar-refractivity contribution is 0.133. The number of benzene rings is 1. The van der Waals surface area contributed by atoms with Crippen molar-refractivity contribution in [3.63, 3.8) is 0 Å². The topological polar surface area (TPSA) is 30.3 Å². The van der Waals surface area contributed by atoms with Crippen molar-refractivity contribution in [1.82, 2.24) is 9.80 Å². The van der Waals surface area contributed by atoms with Crippen LogP contribution in [0.25, 0.3) is 0 Å². The van der Waals surface area contributed by atoms with Gasteiger partial charge in [0.1, 0.15) is 6.04 Å². The minimum atomic E-state index is -0.225. The molecular weight excluding hydrogens is 234 g/mol. The van der Waals surface area contributed by atoms with E-state index in [9.17, 15) is 5.26 Å². The Morgan fingerprint density at radius 1 is 1.24 bits per heavy atom. The second-order valence-corrected chi connectivity index (χ2v) is 4.80. The maximum Gasteiger partial charge on any atom is 0.125 e. The third kappa shape index (κ3) is 2.78. The maximum absolute atomic E-state index is 9.36. The van der Waals surface area contributed by atoms with Crippen LogP contribution >= 0.6 is 11.6 Å². The Morgan fingerprint density at radius 2 is 1.88 bits per heavy atom. The summed E-state index contributed by atoms with van der Waals surface area (Å²) in [6.07, 6.45) is 0. The van der Waals surface area contributed by atoms with Crippen molar-refractivity contribution in [2.45, 2.75) is 6.04 Å². The number of nitrogens with zero attached hydrogens (tertiary/aromatic N) is 3. The lowest BCUT2D eigenvalue weighted by Gasteiger charge is -2.35. The Hall–Kier alpha value is -1.08. The summed E-state index contributed by atoms with van der Waals surface area (Å²) >= 11 is 6.16.